The number of alkyl halides is 3. The van der Waals surface area contributed by atoms with Gasteiger partial charge in [0.2, 0.25) is 10.0 Å². The lowest BCUT2D eigenvalue weighted by molar-refractivity contribution is -0.192. The van der Waals surface area contributed by atoms with Crippen LogP contribution in [0.1, 0.15) is 24.2 Å². The van der Waals surface area contributed by atoms with Crippen molar-refractivity contribution < 1.29 is 40.3 Å². The van der Waals surface area contributed by atoms with E-state index in [1.807, 2.05) is 24.3 Å². The van der Waals surface area contributed by atoms with E-state index in [1.165, 1.54) is 0 Å². The second-order valence-corrected chi connectivity index (χ2v) is 11.7. The molecule has 0 amide bonds. The van der Waals surface area contributed by atoms with Crippen molar-refractivity contribution >= 4 is 21.7 Å². The quantitative estimate of drug-likeness (QED) is 0.245. The number of nitrogens with two attached hydrogens (primary N) is 1. The average molecular weight is 653 g/mol. The van der Waals surface area contributed by atoms with Crippen LogP contribution in [0, 0.1) is 11.6 Å². The lowest BCUT2D eigenvalue weighted by Crippen LogP contribution is -2.43. The van der Waals surface area contributed by atoms with Gasteiger partial charge in [0.25, 0.3) is 0 Å². The zero-order chi connectivity index (χ0) is 32.9. The molecule has 2 aromatic carbocycles. The summed E-state index contributed by atoms with van der Waals surface area (Å²) in [5.41, 5.74) is 2.78. The SMILES string of the molecule is CCC(c1cc(F)cc(-c2cn(-c3ccc(N4CCNCC4)cc3)nc2-c2ccncc2)c1F)S(N)(=O)=O.O=C(O)C(F)(F)F. The minimum absolute atomic E-state index is 0.00541. The summed E-state index contributed by atoms with van der Waals surface area (Å²) >= 11 is 0. The van der Waals surface area contributed by atoms with Gasteiger partial charge >= 0.3 is 12.1 Å². The highest BCUT2D eigenvalue weighted by Crippen LogP contribution is 2.38. The van der Waals surface area contributed by atoms with Gasteiger partial charge in [-0.2, -0.15) is 18.3 Å². The molecule has 5 rings (SSSR count). The highest BCUT2D eigenvalue weighted by atomic mass is 32.2. The number of benzene rings is 2. The van der Waals surface area contributed by atoms with Gasteiger partial charge in [0.05, 0.1) is 5.69 Å². The van der Waals surface area contributed by atoms with E-state index < -0.39 is 39.1 Å². The predicted octanol–water partition coefficient (Wildman–Crippen LogP) is 4.66. The molecule has 3 heterocycles. The van der Waals surface area contributed by atoms with Crippen LogP contribution in [0.5, 0.6) is 0 Å². The number of carbonyl (C=O) groups is 1. The first-order chi connectivity index (χ1) is 21.2. The Morgan fingerprint density at radius 1 is 1.02 bits per heavy atom. The highest BCUT2D eigenvalue weighted by Gasteiger charge is 2.38. The summed E-state index contributed by atoms with van der Waals surface area (Å²) < 4.78 is 88.4. The summed E-state index contributed by atoms with van der Waals surface area (Å²) in [7, 11) is -4.16. The number of anilines is 1. The van der Waals surface area contributed by atoms with Crippen LogP contribution < -0.4 is 15.4 Å². The molecule has 16 heteroatoms. The third-order valence-corrected chi connectivity index (χ3v) is 8.36. The minimum Gasteiger partial charge on any atom is -0.475 e. The van der Waals surface area contributed by atoms with Gasteiger partial charge in [0.1, 0.15) is 22.6 Å². The molecule has 10 nitrogen and oxygen atoms in total. The van der Waals surface area contributed by atoms with E-state index in [0.717, 1.165) is 49.7 Å². The summed E-state index contributed by atoms with van der Waals surface area (Å²) in [6.07, 6.45) is -0.298. The van der Waals surface area contributed by atoms with Crippen molar-refractivity contribution in [2.24, 2.45) is 5.14 Å². The van der Waals surface area contributed by atoms with Crippen molar-refractivity contribution in [3.05, 3.63) is 84.3 Å². The first-order valence-corrected chi connectivity index (χ1v) is 15.2. The fraction of sp³-hybridized carbons (Fsp3) is 0.276. The standard InChI is InChI=1S/C27H28F2N6O2S.C2HF3O2/c1-2-25(38(30,36)37)23-16-19(28)15-22(26(23)29)24-17-35(33-27(24)18-7-9-31-10-8-18)21-5-3-20(4-6-21)34-13-11-32-12-14-34;3-2(4,5)1(6)7/h3-10,15-17,25,32H,2,11-14H2,1H3,(H2,30,36,37);(H,6,7). The van der Waals surface area contributed by atoms with E-state index in [4.69, 9.17) is 20.1 Å². The normalized spacial score (nSPS) is 14.4. The number of sulfonamides is 1. The Morgan fingerprint density at radius 2 is 1.60 bits per heavy atom. The van der Waals surface area contributed by atoms with Gasteiger partial charge in [0, 0.05) is 72.7 Å². The minimum atomic E-state index is -5.08. The molecule has 45 heavy (non-hydrogen) atoms. The Kier molecular flexibility index (Phi) is 10.2. The van der Waals surface area contributed by atoms with Crippen LogP contribution >= 0.6 is 0 Å². The highest BCUT2D eigenvalue weighted by molar-refractivity contribution is 7.89. The predicted molar refractivity (Wildman–Crippen MR) is 157 cm³/mol. The van der Waals surface area contributed by atoms with Crippen molar-refractivity contribution in [1.82, 2.24) is 20.1 Å². The molecule has 1 aliphatic heterocycles. The summed E-state index contributed by atoms with van der Waals surface area (Å²) in [4.78, 5) is 15.2. The molecule has 1 saturated heterocycles. The average Bonchev–Trinajstić information content (AvgIpc) is 3.44. The molecule has 2 aromatic heterocycles. The molecule has 4 aromatic rings. The molecule has 1 fully saturated rings. The van der Waals surface area contributed by atoms with Crippen molar-refractivity contribution in [2.75, 3.05) is 31.1 Å². The lowest BCUT2D eigenvalue weighted by Gasteiger charge is -2.29. The van der Waals surface area contributed by atoms with Crippen LogP contribution in [0.25, 0.3) is 28.1 Å². The number of rotatable bonds is 7. The van der Waals surface area contributed by atoms with Gasteiger partial charge in [-0.3, -0.25) is 4.98 Å². The molecular weight excluding hydrogens is 623 g/mol. The molecule has 0 spiro atoms. The van der Waals surface area contributed by atoms with Crippen LogP contribution in [0.4, 0.5) is 27.6 Å². The lowest BCUT2D eigenvalue weighted by atomic mass is 9.97. The summed E-state index contributed by atoms with van der Waals surface area (Å²) in [6, 6.07) is 13.2. The fourth-order valence-corrected chi connectivity index (χ4v) is 5.83. The molecule has 240 valence electrons. The topological polar surface area (TPSA) is 143 Å². The van der Waals surface area contributed by atoms with Crippen LogP contribution in [0.3, 0.4) is 0 Å². The van der Waals surface area contributed by atoms with E-state index in [2.05, 4.69) is 15.2 Å². The zero-order valence-electron chi connectivity index (χ0n) is 23.8. The largest absolute Gasteiger partial charge is 0.490 e. The Bertz CT molecular complexity index is 1740. The molecule has 0 bridgehead atoms. The third kappa shape index (κ3) is 8.01. The van der Waals surface area contributed by atoms with Crippen molar-refractivity contribution in [2.45, 2.75) is 24.8 Å². The number of halogens is 5. The maximum atomic E-state index is 15.9. The van der Waals surface area contributed by atoms with Gasteiger partial charge in [-0.1, -0.05) is 6.92 Å². The number of nitrogens with zero attached hydrogens (tertiary/aromatic N) is 4. The second-order valence-electron chi connectivity index (χ2n) is 9.97. The monoisotopic (exact) mass is 652 g/mol. The van der Waals surface area contributed by atoms with E-state index in [0.29, 0.717) is 16.8 Å². The summed E-state index contributed by atoms with van der Waals surface area (Å²) in [6.45, 7) is 5.23. The molecular formula is C29H29F5N6O4S. The number of pyridine rings is 1. The first-order valence-electron chi connectivity index (χ1n) is 13.6. The van der Waals surface area contributed by atoms with Gasteiger partial charge in [0.15, 0.2) is 0 Å². The first kappa shape index (κ1) is 33.5. The summed E-state index contributed by atoms with van der Waals surface area (Å²) in [5.74, 6) is -4.38. The zero-order valence-corrected chi connectivity index (χ0v) is 24.6. The summed E-state index contributed by atoms with van der Waals surface area (Å²) in [5, 5.41) is 19.1. The van der Waals surface area contributed by atoms with Crippen LogP contribution in [0.2, 0.25) is 0 Å². The molecule has 1 aliphatic rings. The number of hydrogen-bond donors (Lipinski definition) is 3. The number of aliphatic carboxylic acids is 1. The number of aromatic nitrogens is 3. The molecule has 0 saturated carbocycles. The third-order valence-electron chi connectivity index (χ3n) is 6.98. The number of nitrogens with one attached hydrogen (secondary N) is 1. The molecule has 1 unspecified atom stereocenters. The van der Waals surface area contributed by atoms with E-state index in [9.17, 15) is 26.0 Å². The fourth-order valence-electron chi connectivity index (χ4n) is 4.84. The molecule has 0 aliphatic carbocycles. The van der Waals surface area contributed by atoms with Crippen LogP contribution in [-0.2, 0) is 14.8 Å². The number of hydrogen-bond acceptors (Lipinski definition) is 7. The Hall–Kier alpha value is -4.41. The number of primary sulfonamides is 1. The van der Waals surface area contributed by atoms with E-state index >= 15 is 4.39 Å². The van der Waals surface area contributed by atoms with Crippen molar-refractivity contribution in [3.63, 3.8) is 0 Å². The maximum absolute atomic E-state index is 15.9. The van der Waals surface area contributed by atoms with Gasteiger partial charge in [-0.15, -0.1) is 0 Å². The van der Waals surface area contributed by atoms with Gasteiger partial charge in [-0.25, -0.2) is 31.8 Å². The van der Waals surface area contributed by atoms with Crippen LogP contribution in [0.15, 0.2) is 67.1 Å². The number of carboxylic acid groups (broad SMARTS) is 1. The van der Waals surface area contributed by atoms with Crippen molar-refractivity contribution in [1.29, 1.82) is 0 Å². The number of carboxylic acids is 1. The second kappa shape index (κ2) is 13.7. The van der Waals surface area contributed by atoms with E-state index in [-0.39, 0.29) is 17.5 Å². The van der Waals surface area contributed by atoms with Gasteiger partial charge in [-0.05, 0) is 55.0 Å². The molecule has 0 radical (unpaired) electrons. The Morgan fingerprint density at radius 3 is 2.13 bits per heavy atom. The Labute approximate surface area is 255 Å². The van der Waals surface area contributed by atoms with Crippen molar-refractivity contribution in [3.8, 4) is 28.1 Å². The van der Waals surface area contributed by atoms with Gasteiger partial charge < -0.3 is 15.3 Å². The number of piperazine rings is 1. The maximum Gasteiger partial charge on any atom is 0.490 e. The molecule has 4 N–H and O–H groups in total. The molecule has 1 atom stereocenters. The van der Waals surface area contributed by atoms with E-state index in [1.54, 1.807) is 42.3 Å². The smallest absolute Gasteiger partial charge is 0.475 e. The van der Waals surface area contributed by atoms with Crippen LogP contribution in [-0.4, -0.2) is 66.6 Å². The Balaban J connectivity index is 0.000000591.